The fourth-order valence-electron chi connectivity index (χ4n) is 2.97. The van der Waals surface area contributed by atoms with Crippen molar-refractivity contribution in [2.75, 3.05) is 0 Å². The molecule has 2 aliphatic rings. The number of hydrogen-bond donors (Lipinski definition) is 1. The van der Waals surface area contributed by atoms with Crippen LogP contribution in [-0.2, 0) is 0 Å². The molecule has 0 radical (unpaired) electrons. The van der Waals surface area contributed by atoms with E-state index in [0.29, 0.717) is 24.9 Å². The van der Waals surface area contributed by atoms with Crippen LogP contribution in [0.25, 0.3) is 0 Å². The maximum Gasteiger partial charge on any atom is 0.248 e. The third kappa shape index (κ3) is 3.41. The van der Waals surface area contributed by atoms with E-state index >= 15 is 0 Å². The Morgan fingerprint density at radius 2 is 1.38 bits per heavy atom. The Labute approximate surface area is 97.0 Å². The third-order valence-electron chi connectivity index (χ3n) is 4.20. The molecule has 0 atom stereocenters. The van der Waals surface area contributed by atoms with Crippen LogP contribution in [0.1, 0.15) is 58.3 Å². The van der Waals surface area contributed by atoms with E-state index in [-0.39, 0.29) is 12.8 Å². The van der Waals surface area contributed by atoms with Crippen molar-refractivity contribution < 1.29 is 8.78 Å². The Bertz CT molecular complexity index is 212. The van der Waals surface area contributed by atoms with Crippen LogP contribution in [0.2, 0.25) is 0 Å². The topological polar surface area (TPSA) is 12.0 Å². The van der Waals surface area contributed by atoms with E-state index in [1.807, 2.05) is 0 Å². The second-order valence-corrected chi connectivity index (χ2v) is 5.75. The van der Waals surface area contributed by atoms with Gasteiger partial charge in [-0.05, 0) is 44.4 Å². The molecular weight excluding hydrogens is 208 g/mol. The molecule has 0 aromatic heterocycles. The summed E-state index contributed by atoms with van der Waals surface area (Å²) in [4.78, 5) is 0. The average Bonchev–Trinajstić information content (AvgIpc) is 2.24. The van der Waals surface area contributed by atoms with Gasteiger partial charge < -0.3 is 5.32 Å². The van der Waals surface area contributed by atoms with Crippen molar-refractivity contribution in [3.05, 3.63) is 0 Å². The normalized spacial score (nSPS) is 36.2. The van der Waals surface area contributed by atoms with Gasteiger partial charge in [-0.1, -0.05) is 6.92 Å². The van der Waals surface area contributed by atoms with Gasteiger partial charge in [-0.25, -0.2) is 8.78 Å². The number of alkyl halides is 2. The molecule has 0 amide bonds. The van der Waals surface area contributed by atoms with Crippen LogP contribution in [0.3, 0.4) is 0 Å². The molecule has 0 heterocycles. The highest BCUT2D eigenvalue weighted by Crippen LogP contribution is 2.34. The van der Waals surface area contributed by atoms with Crippen molar-refractivity contribution >= 4 is 0 Å². The van der Waals surface area contributed by atoms with Crippen molar-refractivity contribution in [2.45, 2.75) is 76.3 Å². The summed E-state index contributed by atoms with van der Waals surface area (Å²) in [6, 6.07) is 0.936. The van der Waals surface area contributed by atoms with E-state index < -0.39 is 5.92 Å². The molecule has 2 saturated carbocycles. The average molecular weight is 231 g/mol. The summed E-state index contributed by atoms with van der Waals surface area (Å²) in [6.45, 7) is 2.30. The molecule has 0 aromatic rings. The van der Waals surface area contributed by atoms with Crippen LogP contribution in [0.15, 0.2) is 0 Å². The predicted molar refractivity (Wildman–Crippen MR) is 61.8 cm³/mol. The van der Waals surface area contributed by atoms with Crippen LogP contribution in [0.4, 0.5) is 8.78 Å². The summed E-state index contributed by atoms with van der Waals surface area (Å²) >= 11 is 0. The van der Waals surface area contributed by atoms with Crippen LogP contribution < -0.4 is 5.32 Å². The van der Waals surface area contributed by atoms with Gasteiger partial charge >= 0.3 is 0 Å². The minimum atomic E-state index is -2.39. The number of rotatable bonds is 2. The molecule has 0 saturated heterocycles. The SMILES string of the molecule is CC1CCC(NC2CCC(F)(F)CC2)CC1. The molecule has 0 aromatic carbocycles. The quantitative estimate of drug-likeness (QED) is 0.763. The first-order valence-corrected chi connectivity index (χ1v) is 6.69. The lowest BCUT2D eigenvalue weighted by Gasteiger charge is -2.34. The van der Waals surface area contributed by atoms with Gasteiger partial charge in [0.1, 0.15) is 0 Å². The molecule has 94 valence electrons. The van der Waals surface area contributed by atoms with Crippen LogP contribution in [0.5, 0.6) is 0 Å². The molecule has 0 spiro atoms. The van der Waals surface area contributed by atoms with E-state index in [4.69, 9.17) is 0 Å². The van der Waals surface area contributed by atoms with Crippen molar-refractivity contribution in [2.24, 2.45) is 5.92 Å². The summed E-state index contributed by atoms with van der Waals surface area (Å²) in [6.07, 6.45) is 6.50. The van der Waals surface area contributed by atoms with Crippen molar-refractivity contribution in [1.29, 1.82) is 0 Å². The Morgan fingerprint density at radius 3 is 1.94 bits per heavy atom. The molecule has 2 fully saturated rings. The molecule has 0 aliphatic heterocycles. The van der Waals surface area contributed by atoms with Crippen LogP contribution in [-0.4, -0.2) is 18.0 Å². The zero-order valence-electron chi connectivity index (χ0n) is 10.1. The molecule has 0 unspecified atom stereocenters. The maximum atomic E-state index is 13.0. The Kier molecular flexibility index (Phi) is 3.83. The van der Waals surface area contributed by atoms with Gasteiger partial charge in [0, 0.05) is 24.9 Å². The smallest absolute Gasteiger partial charge is 0.248 e. The molecule has 3 heteroatoms. The lowest BCUT2D eigenvalue weighted by molar-refractivity contribution is -0.0416. The summed E-state index contributed by atoms with van der Waals surface area (Å²) in [5.41, 5.74) is 0. The van der Waals surface area contributed by atoms with Gasteiger partial charge in [-0.2, -0.15) is 0 Å². The van der Waals surface area contributed by atoms with Crippen LogP contribution in [0, 0.1) is 5.92 Å². The fourth-order valence-corrected chi connectivity index (χ4v) is 2.97. The fraction of sp³-hybridized carbons (Fsp3) is 1.00. The zero-order valence-corrected chi connectivity index (χ0v) is 10.1. The van der Waals surface area contributed by atoms with Gasteiger partial charge in [0.25, 0.3) is 0 Å². The maximum absolute atomic E-state index is 13.0. The Balaban J connectivity index is 1.71. The van der Waals surface area contributed by atoms with Gasteiger partial charge in [0.05, 0.1) is 0 Å². The van der Waals surface area contributed by atoms with Crippen molar-refractivity contribution in [1.82, 2.24) is 5.32 Å². The largest absolute Gasteiger partial charge is 0.311 e. The minimum Gasteiger partial charge on any atom is -0.311 e. The van der Waals surface area contributed by atoms with Gasteiger partial charge in [0.2, 0.25) is 5.92 Å². The Morgan fingerprint density at radius 1 is 0.875 bits per heavy atom. The van der Waals surface area contributed by atoms with E-state index in [0.717, 1.165) is 5.92 Å². The minimum absolute atomic E-state index is 0.0772. The molecular formula is C13H23F2N. The van der Waals surface area contributed by atoms with E-state index in [1.165, 1.54) is 25.7 Å². The van der Waals surface area contributed by atoms with Gasteiger partial charge in [-0.3, -0.25) is 0 Å². The summed E-state index contributed by atoms with van der Waals surface area (Å²) < 4.78 is 26.0. The lowest BCUT2D eigenvalue weighted by atomic mass is 9.85. The molecule has 0 bridgehead atoms. The van der Waals surface area contributed by atoms with Gasteiger partial charge in [0.15, 0.2) is 0 Å². The predicted octanol–water partition coefficient (Wildman–Crippen LogP) is 3.73. The number of hydrogen-bond acceptors (Lipinski definition) is 1. The highest BCUT2D eigenvalue weighted by molar-refractivity contribution is 4.85. The zero-order chi connectivity index (χ0) is 11.6. The van der Waals surface area contributed by atoms with E-state index in [2.05, 4.69) is 12.2 Å². The Hall–Kier alpha value is -0.180. The van der Waals surface area contributed by atoms with E-state index in [1.54, 1.807) is 0 Å². The van der Waals surface area contributed by atoms with Crippen molar-refractivity contribution in [3.63, 3.8) is 0 Å². The molecule has 1 N–H and O–H groups in total. The molecule has 2 rings (SSSR count). The third-order valence-corrected chi connectivity index (χ3v) is 4.20. The molecule has 16 heavy (non-hydrogen) atoms. The molecule has 2 aliphatic carbocycles. The van der Waals surface area contributed by atoms with E-state index in [9.17, 15) is 8.78 Å². The summed E-state index contributed by atoms with van der Waals surface area (Å²) in [5, 5.41) is 3.58. The highest BCUT2D eigenvalue weighted by atomic mass is 19.3. The van der Waals surface area contributed by atoms with Crippen LogP contribution >= 0.6 is 0 Å². The van der Waals surface area contributed by atoms with Crippen molar-refractivity contribution in [3.8, 4) is 0 Å². The first-order chi connectivity index (χ1) is 7.55. The van der Waals surface area contributed by atoms with Gasteiger partial charge in [-0.15, -0.1) is 0 Å². The summed E-state index contributed by atoms with van der Waals surface area (Å²) in [7, 11) is 0. The highest BCUT2D eigenvalue weighted by Gasteiger charge is 2.35. The first-order valence-electron chi connectivity index (χ1n) is 6.69. The molecule has 1 nitrogen and oxygen atoms in total. The number of halogens is 2. The standard InChI is InChI=1S/C13H23F2N/c1-10-2-4-11(5-3-10)16-12-6-8-13(14,15)9-7-12/h10-12,16H,2-9H2,1H3. The summed E-state index contributed by atoms with van der Waals surface area (Å²) in [5.74, 6) is -1.53. The second-order valence-electron chi connectivity index (χ2n) is 5.75. The number of nitrogens with one attached hydrogen (secondary N) is 1. The lowest BCUT2D eigenvalue weighted by Crippen LogP contribution is -2.43. The second kappa shape index (κ2) is 4.99. The monoisotopic (exact) mass is 231 g/mol. The first kappa shape index (κ1) is 12.3.